The molecule has 1 aliphatic rings. The van der Waals surface area contributed by atoms with E-state index in [9.17, 15) is 4.79 Å². The maximum absolute atomic E-state index is 11.1. The van der Waals surface area contributed by atoms with Gasteiger partial charge in [0.15, 0.2) is 0 Å². The molecule has 2 atom stereocenters. The summed E-state index contributed by atoms with van der Waals surface area (Å²) in [5, 5.41) is 9.13. The van der Waals surface area contributed by atoms with Gasteiger partial charge in [0, 0.05) is 6.04 Å². The Kier molecular flexibility index (Phi) is 3.77. The quantitative estimate of drug-likeness (QED) is 0.779. The number of carboxylic acids is 1. The van der Waals surface area contributed by atoms with Crippen LogP contribution in [0.15, 0.2) is 0 Å². The largest absolute Gasteiger partial charge is 0.480 e. The first-order valence-electron chi connectivity index (χ1n) is 5.85. The third-order valence-corrected chi connectivity index (χ3v) is 3.86. The highest BCUT2D eigenvalue weighted by atomic mass is 16.4. The van der Waals surface area contributed by atoms with Crippen molar-refractivity contribution in [3.63, 3.8) is 0 Å². The first-order chi connectivity index (χ1) is 6.90. The minimum Gasteiger partial charge on any atom is -0.480 e. The van der Waals surface area contributed by atoms with Crippen molar-refractivity contribution in [1.82, 2.24) is 4.90 Å². The van der Waals surface area contributed by atoms with Gasteiger partial charge in [0.05, 0.1) is 0 Å². The number of hydrogen-bond donors (Lipinski definition) is 1. The van der Waals surface area contributed by atoms with E-state index in [0.29, 0.717) is 12.5 Å². The van der Waals surface area contributed by atoms with Crippen LogP contribution >= 0.6 is 0 Å². The summed E-state index contributed by atoms with van der Waals surface area (Å²) in [6.45, 7) is 6.43. The lowest BCUT2D eigenvalue weighted by atomic mass is 9.86. The fraction of sp³-hybridized carbons (Fsp3) is 0.917. The fourth-order valence-corrected chi connectivity index (χ4v) is 2.92. The molecule has 0 heterocycles. The number of nitrogens with zero attached hydrogens (tertiary/aromatic N) is 1. The molecule has 1 rings (SSSR count). The van der Waals surface area contributed by atoms with Gasteiger partial charge in [0.2, 0.25) is 0 Å². The Morgan fingerprint density at radius 2 is 2.20 bits per heavy atom. The van der Waals surface area contributed by atoms with Crippen LogP contribution in [0.3, 0.4) is 0 Å². The van der Waals surface area contributed by atoms with E-state index in [4.69, 9.17) is 5.11 Å². The Hall–Kier alpha value is -0.570. The van der Waals surface area contributed by atoms with Crippen LogP contribution in [0.25, 0.3) is 0 Å². The third-order valence-electron chi connectivity index (χ3n) is 3.86. The van der Waals surface area contributed by atoms with Gasteiger partial charge in [0.1, 0.15) is 6.04 Å². The Bertz CT molecular complexity index is 238. The number of carbonyl (C=O) groups is 1. The topological polar surface area (TPSA) is 40.5 Å². The van der Waals surface area contributed by atoms with Gasteiger partial charge in [-0.25, -0.2) is 0 Å². The van der Waals surface area contributed by atoms with Crippen molar-refractivity contribution in [3.05, 3.63) is 0 Å². The van der Waals surface area contributed by atoms with Crippen molar-refractivity contribution in [1.29, 1.82) is 0 Å². The van der Waals surface area contributed by atoms with E-state index in [2.05, 4.69) is 18.7 Å². The van der Waals surface area contributed by atoms with Gasteiger partial charge in [0.25, 0.3) is 0 Å². The van der Waals surface area contributed by atoms with Crippen LogP contribution < -0.4 is 0 Å². The second-order valence-corrected chi connectivity index (χ2v) is 5.32. The molecule has 2 unspecified atom stereocenters. The van der Waals surface area contributed by atoms with Crippen molar-refractivity contribution in [2.45, 2.75) is 58.5 Å². The van der Waals surface area contributed by atoms with Crippen LogP contribution in [-0.4, -0.2) is 35.1 Å². The van der Waals surface area contributed by atoms with Gasteiger partial charge >= 0.3 is 5.97 Å². The minimum absolute atomic E-state index is 0.262. The molecule has 0 aromatic carbocycles. The zero-order valence-electron chi connectivity index (χ0n) is 10.3. The standard InChI is InChI=1S/C12H23NO2/c1-5-9(11(14)15)13(4)10-7-6-8-12(10,2)3/h9-10H,5-8H2,1-4H3,(H,14,15). The number of rotatable bonds is 4. The van der Waals surface area contributed by atoms with Crippen molar-refractivity contribution in [2.75, 3.05) is 7.05 Å². The molecule has 0 aliphatic heterocycles. The molecule has 1 aliphatic carbocycles. The molecule has 0 spiro atoms. The van der Waals surface area contributed by atoms with E-state index >= 15 is 0 Å². The molecule has 1 saturated carbocycles. The third kappa shape index (κ3) is 2.51. The lowest BCUT2D eigenvalue weighted by molar-refractivity contribution is -0.144. The van der Waals surface area contributed by atoms with Crippen LogP contribution in [0.4, 0.5) is 0 Å². The fourth-order valence-electron chi connectivity index (χ4n) is 2.92. The van der Waals surface area contributed by atoms with Gasteiger partial charge in [-0.3, -0.25) is 9.69 Å². The van der Waals surface area contributed by atoms with Crippen LogP contribution in [-0.2, 0) is 4.79 Å². The van der Waals surface area contributed by atoms with E-state index in [1.807, 2.05) is 14.0 Å². The zero-order valence-corrected chi connectivity index (χ0v) is 10.3. The SMILES string of the molecule is CCC(C(=O)O)N(C)C1CCCC1(C)C. The molecular formula is C12H23NO2. The Balaban J connectivity index is 2.74. The highest BCUT2D eigenvalue weighted by Gasteiger charge is 2.40. The Morgan fingerprint density at radius 1 is 1.60 bits per heavy atom. The van der Waals surface area contributed by atoms with Crippen LogP contribution in [0.1, 0.15) is 46.5 Å². The van der Waals surface area contributed by atoms with Gasteiger partial charge in [-0.2, -0.15) is 0 Å². The van der Waals surface area contributed by atoms with Gasteiger partial charge in [-0.05, 0) is 31.7 Å². The smallest absolute Gasteiger partial charge is 0.320 e. The Morgan fingerprint density at radius 3 is 2.53 bits per heavy atom. The summed E-state index contributed by atoms with van der Waals surface area (Å²) in [6.07, 6.45) is 4.24. The molecule has 3 heteroatoms. The van der Waals surface area contributed by atoms with Crippen molar-refractivity contribution in [2.24, 2.45) is 5.41 Å². The zero-order chi connectivity index (χ0) is 11.6. The monoisotopic (exact) mass is 213 g/mol. The normalized spacial score (nSPS) is 26.9. The molecule has 0 aromatic rings. The van der Waals surface area contributed by atoms with E-state index in [1.54, 1.807) is 0 Å². The lowest BCUT2D eigenvalue weighted by Gasteiger charge is -2.38. The number of likely N-dealkylation sites (N-methyl/N-ethyl adjacent to an activating group) is 1. The summed E-state index contributed by atoms with van der Waals surface area (Å²) < 4.78 is 0. The summed E-state index contributed by atoms with van der Waals surface area (Å²) in [4.78, 5) is 13.2. The molecule has 1 N–H and O–H groups in total. The summed E-state index contributed by atoms with van der Waals surface area (Å²) in [7, 11) is 1.96. The maximum atomic E-state index is 11.1. The predicted molar refractivity (Wildman–Crippen MR) is 60.9 cm³/mol. The van der Waals surface area contributed by atoms with E-state index in [0.717, 1.165) is 6.42 Å². The van der Waals surface area contributed by atoms with Crippen LogP contribution in [0, 0.1) is 5.41 Å². The molecule has 1 fully saturated rings. The van der Waals surface area contributed by atoms with Crippen molar-refractivity contribution >= 4 is 5.97 Å². The molecule has 0 saturated heterocycles. The number of carboxylic acid groups (broad SMARTS) is 1. The molecule has 15 heavy (non-hydrogen) atoms. The van der Waals surface area contributed by atoms with E-state index in [1.165, 1.54) is 12.8 Å². The number of hydrogen-bond acceptors (Lipinski definition) is 2. The molecule has 0 amide bonds. The first kappa shape index (κ1) is 12.5. The van der Waals surface area contributed by atoms with Crippen LogP contribution in [0.2, 0.25) is 0 Å². The summed E-state index contributed by atoms with van der Waals surface area (Å²) in [5.74, 6) is -0.692. The maximum Gasteiger partial charge on any atom is 0.320 e. The highest BCUT2D eigenvalue weighted by molar-refractivity contribution is 5.73. The van der Waals surface area contributed by atoms with E-state index in [-0.39, 0.29) is 11.5 Å². The summed E-state index contributed by atoms with van der Waals surface area (Å²) in [5.41, 5.74) is 0.262. The number of aliphatic carboxylic acids is 1. The molecule has 0 aromatic heterocycles. The molecule has 0 radical (unpaired) electrons. The average Bonchev–Trinajstić information content (AvgIpc) is 2.45. The molecule has 3 nitrogen and oxygen atoms in total. The molecule has 88 valence electrons. The van der Waals surface area contributed by atoms with Gasteiger partial charge in [-0.1, -0.05) is 27.2 Å². The second-order valence-electron chi connectivity index (χ2n) is 5.32. The summed E-state index contributed by atoms with van der Waals surface area (Å²) >= 11 is 0. The highest BCUT2D eigenvalue weighted by Crippen LogP contribution is 2.40. The van der Waals surface area contributed by atoms with Crippen molar-refractivity contribution < 1.29 is 9.90 Å². The van der Waals surface area contributed by atoms with Gasteiger partial charge in [-0.15, -0.1) is 0 Å². The molecule has 0 bridgehead atoms. The van der Waals surface area contributed by atoms with Gasteiger partial charge < -0.3 is 5.11 Å². The predicted octanol–water partition coefficient (Wildman–Crippen LogP) is 2.36. The Labute approximate surface area is 92.5 Å². The van der Waals surface area contributed by atoms with Crippen LogP contribution in [0.5, 0.6) is 0 Å². The average molecular weight is 213 g/mol. The van der Waals surface area contributed by atoms with Crippen molar-refractivity contribution in [3.8, 4) is 0 Å². The van der Waals surface area contributed by atoms with E-state index < -0.39 is 5.97 Å². The summed E-state index contributed by atoms with van der Waals surface area (Å²) in [6, 6.07) is 0.0888. The molecular weight excluding hydrogens is 190 g/mol. The lowest BCUT2D eigenvalue weighted by Crippen LogP contribution is -2.48. The second kappa shape index (κ2) is 4.52. The first-order valence-corrected chi connectivity index (χ1v) is 5.85. The minimum atomic E-state index is -0.692.